The van der Waals surface area contributed by atoms with Gasteiger partial charge in [-0.25, -0.2) is 0 Å². The lowest BCUT2D eigenvalue weighted by atomic mass is 9.85. The zero-order valence-electron chi connectivity index (χ0n) is 13.0. The number of rotatable bonds is 3. The predicted octanol–water partition coefficient (Wildman–Crippen LogP) is 3.45. The van der Waals surface area contributed by atoms with Crippen LogP contribution in [-0.2, 0) is 10.2 Å². The van der Waals surface area contributed by atoms with Gasteiger partial charge in [0, 0.05) is 5.69 Å². The number of amides is 1. The first-order chi connectivity index (χ1) is 9.39. The van der Waals surface area contributed by atoms with Gasteiger partial charge in [0.15, 0.2) is 0 Å². The van der Waals surface area contributed by atoms with Gasteiger partial charge in [0.2, 0.25) is 5.91 Å². The van der Waals surface area contributed by atoms with E-state index in [-0.39, 0.29) is 16.9 Å². The Balaban J connectivity index is 2.24. The summed E-state index contributed by atoms with van der Waals surface area (Å²) in [7, 11) is 0. The maximum Gasteiger partial charge on any atom is 0.244 e. The van der Waals surface area contributed by atoms with Crippen LogP contribution >= 0.6 is 0 Å². The Morgan fingerprint density at radius 1 is 1.35 bits per heavy atom. The molecule has 1 amide bonds. The summed E-state index contributed by atoms with van der Waals surface area (Å²) in [6.45, 7) is 9.51. The SMILES string of the molecule is CCC1(C(=O)Nc2ccccc2C(C)(C)C)CCCN1. The molecule has 3 nitrogen and oxygen atoms in total. The lowest BCUT2D eigenvalue weighted by molar-refractivity contribution is -0.122. The minimum absolute atomic E-state index is 0.0202. The molecule has 3 heteroatoms. The van der Waals surface area contributed by atoms with Gasteiger partial charge in [0.1, 0.15) is 0 Å². The molecular weight excluding hydrogens is 248 g/mol. The summed E-state index contributed by atoms with van der Waals surface area (Å²) >= 11 is 0. The zero-order valence-corrected chi connectivity index (χ0v) is 13.0. The normalized spacial score (nSPS) is 22.8. The smallest absolute Gasteiger partial charge is 0.244 e. The van der Waals surface area contributed by atoms with Crippen molar-refractivity contribution in [3.8, 4) is 0 Å². The van der Waals surface area contributed by atoms with E-state index in [1.54, 1.807) is 0 Å². The summed E-state index contributed by atoms with van der Waals surface area (Å²) in [4.78, 5) is 12.7. The van der Waals surface area contributed by atoms with E-state index in [0.29, 0.717) is 0 Å². The first-order valence-corrected chi connectivity index (χ1v) is 7.55. The standard InChI is InChI=1S/C17H26N2O/c1-5-17(11-8-12-18-17)15(20)19-14-10-7-6-9-13(14)16(2,3)4/h6-7,9-10,18H,5,8,11-12H2,1-4H3,(H,19,20). The van der Waals surface area contributed by atoms with Crippen LogP contribution in [0, 0.1) is 0 Å². The Kier molecular flexibility index (Phi) is 4.19. The average Bonchev–Trinajstić information content (AvgIpc) is 2.88. The Morgan fingerprint density at radius 2 is 2.05 bits per heavy atom. The topological polar surface area (TPSA) is 41.1 Å². The van der Waals surface area contributed by atoms with E-state index in [1.807, 2.05) is 18.2 Å². The Hall–Kier alpha value is -1.35. The van der Waals surface area contributed by atoms with E-state index in [2.05, 4.69) is 44.4 Å². The van der Waals surface area contributed by atoms with Gasteiger partial charge in [0.25, 0.3) is 0 Å². The van der Waals surface area contributed by atoms with Crippen molar-refractivity contribution in [2.75, 3.05) is 11.9 Å². The molecule has 2 N–H and O–H groups in total. The molecular formula is C17H26N2O. The van der Waals surface area contributed by atoms with Crippen molar-refractivity contribution in [2.45, 2.75) is 57.9 Å². The molecule has 1 aromatic rings. The van der Waals surface area contributed by atoms with E-state index in [9.17, 15) is 4.79 Å². The van der Waals surface area contributed by atoms with Gasteiger partial charge in [-0.05, 0) is 42.9 Å². The molecule has 0 aliphatic carbocycles. The van der Waals surface area contributed by atoms with Crippen LogP contribution in [0.3, 0.4) is 0 Å². The van der Waals surface area contributed by atoms with Crippen LogP contribution in [0.1, 0.15) is 52.5 Å². The van der Waals surface area contributed by atoms with Crippen LogP contribution in [0.4, 0.5) is 5.69 Å². The third-order valence-electron chi connectivity index (χ3n) is 4.27. The van der Waals surface area contributed by atoms with Gasteiger partial charge in [-0.1, -0.05) is 45.9 Å². The molecule has 1 atom stereocenters. The van der Waals surface area contributed by atoms with Gasteiger partial charge >= 0.3 is 0 Å². The molecule has 1 fully saturated rings. The lowest BCUT2D eigenvalue weighted by Gasteiger charge is -2.29. The van der Waals surface area contributed by atoms with E-state index < -0.39 is 0 Å². The highest BCUT2D eigenvalue weighted by Crippen LogP contribution is 2.31. The third kappa shape index (κ3) is 2.88. The second kappa shape index (κ2) is 5.57. The minimum Gasteiger partial charge on any atom is -0.324 e. The number of anilines is 1. The van der Waals surface area contributed by atoms with Crippen LogP contribution < -0.4 is 10.6 Å². The molecule has 20 heavy (non-hydrogen) atoms. The second-order valence-electron chi connectivity index (χ2n) is 6.72. The molecule has 1 aromatic carbocycles. The fraction of sp³-hybridized carbons (Fsp3) is 0.588. The maximum absolute atomic E-state index is 12.7. The molecule has 1 aliphatic heterocycles. The quantitative estimate of drug-likeness (QED) is 0.886. The number of hydrogen-bond acceptors (Lipinski definition) is 2. The van der Waals surface area contributed by atoms with Crippen molar-refractivity contribution in [3.05, 3.63) is 29.8 Å². The number of para-hydroxylation sites is 1. The Bertz CT molecular complexity index is 482. The lowest BCUT2D eigenvalue weighted by Crippen LogP contribution is -2.50. The molecule has 2 rings (SSSR count). The zero-order chi connectivity index (χ0) is 14.8. The summed E-state index contributed by atoms with van der Waals surface area (Å²) in [5.41, 5.74) is 1.75. The van der Waals surface area contributed by atoms with Crippen molar-refractivity contribution < 1.29 is 4.79 Å². The average molecular weight is 274 g/mol. The fourth-order valence-electron chi connectivity index (χ4n) is 2.95. The molecule has 1 saturated heterocycles. The van der Waals surface area contributed by atoms with E-state index in [0.717, 1.165) is 31.5 Å². The van der Waals surface area contributed by atoms with Crippen LogP contribution in [-0.4, -0.2) is 18.0 Å². The fourth-order valence-corrected chi connectivity index (χ4v) is 2.95. The van der Waals surface area contributed by atoms with Crippen molar-refractivity contribution in [1.82, 2.24) is 5.32 Å². The van der Waals surface area contributed by atoms with Crippen LogP contribution in [0.5, 0.6) is 0 Å². The first-order valence-electron chi connectivity index (χ1n) is 7.55. The number of hydrogen-bond donors (Lipinski definition) is 2. The van der Waals surface area contributed by atoms with Gasteiger partial charge in [-0.2, -0.15) is 0 Å². The predicted molar refractivity (Wildman–Crippen MR) is 84.0 cm³/mol. The summed E-state index contributed by atoms with van der Waals surface area (Å²) in [5.74, 6) is 0.106. The van der Waals surface area contributed by atoms with Gasteiger partial charge in [0.05, 0.1) is 5.54 Å². The Labute approximate surface area is 122 Å². The van der Waals surface area contributed by atoms with Crippen LogP contribution in [0.15, 0.2) is 24.3 Å². The Morgan fingerprint density at radius 3 is 2.60 bits per heavy atom. The minimum atomic E-state index is -0.384. The molecule has 1 heterocycles. The van der Waals surface area contributed by atoms with E-state index in [4.69, 9.17) is 0 Å². The molecule has 0 spiro atoms. The van der Waals surface area contributed by atoms with E-state index >= 15 is 0 Å². The van der Waals surface area contributed by atoms with Gasteiger partial charge in [-0.3, -0.25) is 4.79 Å². The number of carbonyl (C=O) groups excluding carboxylic acids is 1. The summed E-state index contributed by atoms with van der Waals surface area (Å²) in [5, 5.41) is 6.54. The highest BCUT2D eigenvalue weighted by Gasteiger charge is 2.39. The van der Waals surface area contributed by atoms with E-state index in [1.165, 1.54) is 5.56 Å². The second-order valence-corrected chi connectivity index (χ2v) is 6.72. The number of carbonyl (C=O) groups is 1. The molecule has 1 unspecified atom stereocenters. The monoisotopic (exact) mass is 274 g/mol. The van der Waals surface area contributed by atoms with Crippen LogP contribution in [0.25, 0.3) is 0 Å². The van der Waals surface area contributed by atoms with Gasteiger partial charge < -0.3 is 10.6 Å². The highest BCUT2D eigenvalue weighted by molar-refractivity contribution is 5.99. The number of nitrogens with one attached hydrogen (secondary N) is 2. The number of benzene rings is 1. The third-order valence-corrected chi connectivity index (χ3v) is 4.27. The van der Waals surface area contributed by atoms with Crippen molar-refractivity contribution in [3.63, 3.8) is 0 Å². The van der Waals surface area contributed by atoms with Gasteiger partial charge in [-0.15, -0.1) is 0 Å². The van der Waals surface area contributed by atoms with Crippen molar-refractivity contribution >= 4 is 11.6 Å². The molecule has 0 bridgehead atoms. The molecule has 110 valence electrons. The first kappa shape index (κ1) is 15.0. The molecule has 0 aromatic heterocycles. The van der Waals surface area contributed by atoms with Crippen molar-refractivity contribution in [2.24, 2.45) is 0 Å². The summed E-state index contributed by atoms with van der Waals surface area (Å²) in [6.07, 6.45) is 2.83. The largest absolute Gasteiger partial charge is 0.324 e. The summed E-state index contributed by atoms with van der Waals surface area (Å²) < 4.78 is 0. The molecule has 0 saturated carbocycles. The van der Waals surface area contributed by atoms with Crippen LogP contribution in [0.2, 0.25) is 0 Å². The molecule has 0 radical (unpaired) electrons. The molecule has 1 aliphatic rings. The maximum atomic E-state index is 12.7. The van der Waals surface area contributed by atoms with Crippen molar-refractivity contribution in [1.29, 1.82) is 0 Å². The summed E-state index contributed by atoms with van der Waals surface area (Å²) in [6, 6.07) is 8.10. The highest BCUT2D eigenvalue weighted by atomic mass is 16.2.